The molecule has 0 bridgehead atoms. The summed E-state index contributed by atoms with van der Waals surface area (Å²) in [5.41, 5.74) is -0.419. The van der Waals surface area contributed by atoms with Crippen molar-refractivity contribution in [3.8, 4) is 0 Å². The Morgan fingerprint density at radius 2 is 2.00 bits per heavy atom. The van der Waals surface area contributed by atoms with Crippen LogP contribution in [-0.4, -0.2) is 26.2 Å². The number of methoxy groups -OCH3 is 1. The summed E-state index contributed by atoms with van der Waals surface area (Å²) in [5, 5.41) is 0. The SMILES string of the molecule is COCCONC(=O)c1cccc(C(F)(F)F)c1F. The van der Waals surface area contributed by atoms with Gasteiger partial charge in [-0.1, -0.05) is 6.07 Å². The second kappa shape index (κ2) is 6.48. The second-order valence-corrected chi connectivity index (χ2v) is 3.44. The Kier molecular flexibility index (Phi) is 5.25. The molecule has 19 heavy (non-hydrogen) atoms. The second-order valence-electron chi connectivity index (χ2n) is 3.44. The van der Waals surface area contributed by atoms with Gasteiger partial charge in [-0.2, -0.15) is 13.2 Å². The third kappa shape index (κ3) is 4.18. The smallest absolute Gasteiger partial charge is 0.382 e. The lowest BCUT2D eigenvalue weighted by atomic mass is 10.1. The molecule has 0 aliphatic rings. The number of benzene rings is 1. The lowest BCUT2D eigenvalue weighted by molar-refractivity contribution is -0.140. The van der Waals surface area contributed by atoms with Gasteiger partial charge in [0.15, 0.2) is 0 Å². The van der Waals surface area contributed by atoms with E-state index in [1.807, 2.05) is 5.48 Å². The summed E-state index contributed by atoms with van der Waals surface area (Å²) in [4.78, 5) is 16.0. The van der Waals surface area contributed by atoms with Crippen LogP contribution < -0.4 is 5.48 Å². The molecule has 0 radical (unpaired) electrons. The van der Waals surface area contributed by atoms with Crippen LogP contribution in [0.3, 0.4) is 0 Å². The Morgan fingerprint density at radius 1 is 1.32 bits per heavy atom. The highest BCUT2D eigenvalue weighted by molar-refractivity contribution is 5.93. The normalized spacial score (nSPS) is 11.4. The van der Waals surface area contributed by atoms with E-state index in [-0.39, 0.29) is 13.2 Å². The zero-order chi connectivity index (χ0) is 14.5. The molecule has 0 saturated carbocycles. The van der Waals surface area contributed by atoms with Crippen molar-refractivity contribution in [2.24, 2.45) is 0 Å². The van der Waals surface area contributed by atoms with Gasteiger partial charge in [-0.15, -0.1) is 0 Å². The first kappa shape index (κ1) is 15.4. The molecule has 1 aromatic rings. The van der Waals surface area contributed by atoms with Crippen LogP contribution in [0.4, 0.5) is 17.6 Å². The fraction of sp³-hybridized carbons (Fsp3) is 0.364. The number of rotatable bonds is 5. The minimum atomic E-state index is -4.86. The Labute approximate surface area is 106 Å². The molecule has 1 rings (SSSR count). The van der Waals surface area contributed by atoms with Crippen LogP contribution in [0.2, 0.25) is 0 Å². The predicted molar refractivity (Wildman–Crippen MR) is 56.7 cm³/mol. The van der Waals surface area contributed by atoms with Crippen LogP contribution in [0.25, 0.3) is 0 Å². The quantitative estimate of drug-likeness (QED) is 0.511. The van der Waals surface area contributed by atoms with Crippen LogP contribution in [-0.2, 0) is 15.8 Å². The van der Waals surface area contributed by atoms with Gasteiger partial charge in [-0.25, -0.2) is 9.87 Å². The molecule has 0 unspecified atom stereocenters. The summed E-state index contributed by atoms with van der Waals surface area (Å²) in [6.45, 7) is 0.161. The maximum absolute atomic E-state index is 13.5. The van der Waals surface area contributed by atoms with E-state index in [0.717, 1.165) is 12.1 Å². The van der Waals surface area contributed by atoms with E-state index in [9.17, 15) is 22.4 Å². The maximum Gasteiger partial charge on any atom is 0.419 e. The number of nitrogens with one attached hydrogen (secondary N) is 1. The van der Waals surface area contributed by atoms with E-state index >= 15 is 0 Å². The van der Waals surface area contributed by atoms with Crippen molar-refractivity contribution in [1.29, 1.82) is 0 Å². The Balaban J connectivity index is 2.81. The lowest BCUT2D eigenvalue weighted by Crippen LogP contribution is -2.27. The van der Waals surface area contributed by atoms with Crippen LogP contribution in [0.1, 0.15) is 15.9 Å². The van der Waals surface area contributed by atoms with Gasteiger partial charge >= 0.3 is 6.18 Å². The summed E-state index contributed by atoms with van der Waals surface area (Å²) >= 11 is 0. The molecule has 1 N–H and O–H groups in total. The van der Waals surface area contributed by atoms with Gasteiger partial charge < -0.3 is 4.74 Å². The number of hydroxylamine groups is 1. The number of halogens is 4. The molecule has 1 aromatic carbocycles. The molecule has 0 spiro atoms. The van der Waals surface area contributed by atoms with Crippen LogP contribution >= 0.6 is 0 Å². The molecule has 0 aliphatic carbocycles. The number of carbonyl (C=O) groups excluding carboxylic acids is 1. The van der Waals surface area contributed by atoms with E-state index in [0.29, 0.717) is 6.07 Å². The van der Waals surface area contributed by atoms with Crippen molar-refractivity contribution in [1.82, 2.24) is 5.48 Å². The Bertz CT molecular complexity index is 448. The van der Waals surface area contributed by atoms with E-state index in [1.54, 1.807) is 0 Å². The van der Waals surface area contributed by atoms with Crippen molar-refractivity contribution in [2.75, 3.05) is 20.3 Å². The number of ether oxygens (including phenoxy) is 1. The number of alkyl halides is 3. The van der Waals surface area contributed by atoms with Gasteiger partial charge in [0.25, 0.3) is 5.91 Å². The Hall–Kier alpha value is -1.67. The topological polar surface area (TPSA) is 47.6 Å². The molecule has 0 saturated heterocycles. The lowest BCUT2D eigenvalue weighted by Gasteiger charge is -2.11. The highest BCUT2D eigenvalue weighted by Gasteiger charge is 2.35. The number of hydrogen-bond donors (Lipinski definition) is 1. The zero-order valence-corrected chi connectivity index (χ0v) is 9.88. The number of carbonyl (C=O) groups is 1. The van der Waals surface area contributed by atoms with Crippen LogP contribution in [0, 0.1) is 5.82 Å². The van der Waals surface area contributed by atoms with E-state index in [2.05, 4.69) is 9.57 Å². The fourth-order valence-corrected chi connectivity index (χ4v) is 1.22. The van der Waals surface area contributed by atoms with Crippen molar-refractivity contribution >= 4 is 5.91 Å². The predicted octanol–water partition coefficient (Wildman–Crippen LogP) is 2.15. The summed E-state index contributed by atoms with van der Waals surface area (Å²) in [5.74, 6) is -2.73. The van der Waals surface area contributed by atoms with Gasteiger partial charge in [0, 0.05) is 7.11 Å². The highest BCUT2D eigenvalue weighted by Crippen LogP contribution is 2.32. The summed E-state index contributed by atoms with van der Waals surface area (Å²) in [6, 6.07) is 2.42. The standard InChI is InChI=1S/C11H11F4NO3/c1-18-5-6-19-16-10(17)7-3-2-4-8(9(7)12)11(13,14)15/h2-4H,5-6H2,1H3,(H,16,17). The van der Waals surface area contributed by atoms with Gasteiger partial charge in [0.2, 0.25) is 0 Å². The van der Waals surface area contributed by atoms with E-state index in [1.165, 1.54) is 7.11 Å². The molecule has 1 amide bonds. The minimum absolute atomic E-state index is 0.0111. The van der Waals surface area contributed by atoms with Crippen LogP contribution in [0.5, 0.6) is 0 Å². The van der Waals surface area contributed by atoms with Crippen LogP contribution in [0.15, 0.2) is 18.2 Å². The molecule has 106 valence electrons. The maximum atomic E-state index is 13.5. The minimum Gasteiger partial charge on any atom is -0.382 e. The average Bonchev–Trinajstić information content (AvgIpc) is 2.33. The molecule has 0 fully saturated rings. The molecule has 8 heteroatoms. The van der Waals surface area contributed by atoms with Gasteiger partial charge in [0.1, 0.15) is 5.82 Å². The van der Waals surface area contributed by atoms with E-state index < -0.39 is 29.0 Å². The first-order valence-corrected chi connectivity index (χ1v) is 5.14. The van der Waals surface area contributed by atoms with Gasteiger partial charge in [-0.3, -0.25) is 9.63 Å². The monoisotopic (exact) mass is 281 g/mol. The first-order chi connectivity index (χ1) is 8.88. The summed E-state index contributed by atoms with van der Waals surface area (Å²) in [6.07, 6.45) is -4.86. The molecule has 0 atom stereocenters. The summed E-state index contributed by atoms with van der Waals surface area (Å²) < 4.78 is 55.4. The largest absolute Gasteiger partial charge is 0.419 e. The van der Waals surface area contributed by atoms with Crippen molar-refractivity contribution in [2.45, 2.75) is 6.18 Å². The number of amides is 1. The first-order valence-electron chi connectivity index (χ1n) is 5.14. The highest BCUT2D eigenvalue weighted by atomic mass is 19.4. The molecule has 0 aliphatic heterocycles. The fourth-order valence-electron chi connectivity index (χ4n) is 1.22. The number of hydrogen-bond acceptors (Lipinski definition) is 3. The zero-order valence-electron chi connectivity index (χ0n) is 9.88. The molecule has 0 aromatic heterocycles. The average molecular weight is 281 g/mol. The third-order valence-corrected chi connectivity index (χ3v) is 2.10. The van der Waals surface area contributed by atoms with E-state index in [4.69, 9.17) is 0 Å². The Morgan fingerprint density at radius 3 is 2.58 bits per heavy atom. The summed E-state index contributed by atoms with van der Waals surface area (Å²) in [7, 11) is 1.40. The molecular formula is C11H11F4NO3. The third-order valence-electron chi connectivity index (χ3n) is 2.10. The van der Waals surface area contributed by atoms with Gasteiger partial charge in [-0.05, 0) is 12.1 Å². The van der Waals surface area contributed by atoms with Crippen molar-refractivity contribution in [3.05, 3.63) is 35.1 Å². The molecule has 0 heterocycles. The van der Waals surface area contributed by atoms with Crippen molar-refractivity contribution < 1.29 is 31.9 Å². The molecular weight excluding hydrogens is 270 g/mol. The van der Waals surface area contributed by atoms with Gasteiger partial charge in [0.05, 0.1) is 24.3 Å². The molecule has 4 nitrogen and oxygen atoms in total. The van der Waals surface area contributed by atoms with Crippen molar-refractivity contribution in [3.63, 3.8) is 0 Å².